The molecule has 4 rings (SSSR count). The number of ketones is 1. The fourth-order valence-electron chi connectivity index (χ4n) is 3.76. The van der Waals surface area contributed by atoms with Crippen LogP contribution in [-0.2, 0) is 10.2 Å². The second-order valence-electron chi connectivity index (χ2n) is 6.61. The van der Waals surface area contributed by atoms with Gasteiger partial charge in [0.2, 0.25) is 0 Å². The van der Waals surface area contributed by atoms with E-state index in [1.54, 1.807) is 6.07 Å². The Kier molecular flexibility index (Phi) is 3.44. The van der Waals surface area contributed by atoms with Crippen LogP contribution >= 0.6 is 0 Å². The number of non-ortho nitro benzene ring substituents is 1. The van der Waals surface area contributed by atoms with Crippen LogP contribution in [0.2, 0.25) is 0 Å². The third-order valence-electron chi connectivity index (χ3n) is 5.18. The first-order valence-corrected chi connectivity index (χ1v) is 8.21. The Labute approximate surface area is 147 Å². The SMILES string of the molecule is N#CC1(c2ccc(O)c3oc4ccc([N+](=O)[O-])cc4c23)CCC(=O)CC1. The van der Waals surface area contributed by atoms with Crippen molar-refractivity contribution in [2.45, 2.75) is 31.1 Å². The zero-order valence-corrected chi connectivity index (χ0v) is 13.7. The van der Waals surface area contributed by atoms with Crippen LogP contribution in [0, 0.1) is 21.4 Å². The Morgan fingerprint density at radius 3 is 2.62 bits per heavy atom. The van der Waals surface area contributed by atoms with Crippen LogP contribution in [0.3, 0.4) is 0 Å². The lowest BCUT2D eigenvalue weighted by Crippen LogP contribution is -2.30. The van der Waals surface area contributed by atoms with E-state index >= 15 is 0 Å². The first kappa shape index (κ1) is 16.1. The van der Waals surface area contributed by atoms with E-state index in [0.29, 0.717) is 47.6 Å². The molecule has 1 aliphatic rings. The highest BCUT2D eigenvalue weighted by atomic mass is 16.6. The number of fused-ring (bicyclic) bond motifs is 3. The second-order valence-corrected chi connectivity index (χ2v) is 6.61. The molecule has 0 aliphatic heterocycles. The van der Waals surface area contributed by atoms with Crippen molar-refractivity contribution in [1.29, 1.82) is 5.26 Å². The number of nitrogens with zero attached hydrogens (tertiary/aromatic N) is 2. The molecule has 0 spiro atoms. The van der Waals surface area contributed by atoms with Crippen molar-refractivity contribution in [1.82, 2.24) is 0 Å². The molecule has 1 heterocycles. The summed E-state index contributed by atoms with van der Waals surface area (Å²) in [5.41, 5.74) is 0.248. The lowest BCUT2D eigenvalue weighted by atomic mass is 9.69. The van der Waals surface area contributed by atoms with E-state index in [1.807, 2.05) is 0 Å². The molecule has 130 valence electrons. The smallest absolute Gasteiger partial charge is 0.270 e. The van der Waals surface area contributed by atoms with E-state index < -0.39 is 10.3 Å². The number of phenols is 1. The van der Waals surface area contributed by atoms with Crippen LogP contribution < -0.4 is 0 Å². The Morgan fingerprint density at radius 1 is 1.23 bits per heavy atom. The first-order chi connectivity index (χ1) is 12.4. The van der Waals surface area contributed by atoms with Crippen LogP contribution in [0.1, 0.15) is 31.2 Å². The van der Waals surface area contributed by atoms with Crippen LogP contribution in [0.15, 0.2) is 34.7 Å². The highest BCUT2D eigenvalue weighted by molar-refractivity contribution is 6.10. The predicted octanol–water partition coefficient (Wildman–Crippen LogP) is 4.10. The highest BCUT2D eigenvalue weighted by Crippen LogP contribution is 2.46. The lowest BCUT2D eigenvalue weighted by molar-refractivity contribution is -0.384. The molecule has 0 bridgehead atoms. The number of Topliss-reactive ketones (excluding diaryl/α,β-unsaturated/α-hetero) is 1. The van der Waals surface area contributed by atoms with Crippen molar-refractivity contribution in [3.05, 3.63) is 46.0 Å². The molecule has 0 unspecified atom stereocenters. The minimum atomic E-state index is -0.888. The summed E-state index contributed by atoms with van der Waals surface area (Å²) in [6, 6.07) is 9.68. The summed E-state index contributed by atoms with van der Waals surface area (Å²) in [6.45, 7) is 0. The molecule has 3 aromatic rings. The Bertz CT molecular complexity index is 1110. The fraction of sp³-hybridized carbons (Fsp3) is 0.263. The van der Waals surface area contributed by atoms with Crippen molar-refractivity contribution >= 4 is 33.4 Å². The Balaban J connectivity index is 2.06. The average Bonchev–Trinajstić information content (AvgIpc) is 3.03. The van der Waals surface area contributed by atoms with E-state index in [0.717, 1.165) is 0 Å². The number of hydrogen-bond acceptors (Lipinski definition) is 6. The van der Waals surface area contributed by atoms with Gasteiger partial charge in [-0.25, -0.2) is 0 Å². The molecule has 0 saturated heterocycles. The quantitative estimate of drug-likeness (QED) is 0.549. The number of nitriles is 1. The monoisotopic (exact) mass is 350 g/mol. The molecule has 7 nitrogen and oxygen atoms in total. The highest BCUT2D eigenvalue weighted by Gasteiger charge is 2.39. The summed E-state index contributed by atoms with van der Waals surface area (Å²) >= 11 is 0. The second kappa shape index (κ2) is 5.56. The van der Waals surface area contributed by atoms with E-state index in [-0.39, 0.29) is 22.8 Å². The van der Waals surface area contributed by atoms with Gasteiger partial charge in [0.15, 0.2) is 11.3 Å². The van der Waals surface area contributed by atoms with Crippen LogP contribution in [-0.4, -0.2) is 15.8 Å². The summed E-state index contributed by atoms with van der Waals surface area (Å²) < 4.78 is 5.71. The number of nitro benzene ring substituents is 1. The molecule has 0 atom stereocenters. The standard InChI is InChI=1S/C19H14N2O5/c20-10-19(7-5-12(22)6-8-19)14-2-3-15(23)18-17(14)13-9-11(21(24)25)1-4-16(13)26-18/h1-4,9,23H,5-8H2. The summed E-state index contributed by atoms with van der Waals surface area (Å²) in [5, 5.41) is 32.2. The molecule has 1 aliphatic carbocycles. The average molecular weight is 350 g/mol. The van der Waals surface area contributed by atoms with E-state index in [4.69, 9.17) is 4.42 Å². The molecule has 2 aromatic carbocycles. The van der Waals surface area contributed by atoms with Crippen molar-refractivity contribution in [3.63, 3.8) is 0 Å². The Morgan fingerprint density at radius 2 is 1.96 bits per heavy atom. The zero-order valence-electron chi connectivity index (χ0n) is 13.7. The number of carbonyl (C=O) groups excluding carboxylic acids is 1. The van der Waals surface area contributed by atoms with Gasteiger partial charge in [0, 0.05) is 35.7 Å². The van der Waals surface area contributed by atoms with Gasteiger partial charge < -0.3 is 9.52 Å². The number of benzene rings is 2. The third kappa shape index (κ3) is 2.23. The van der Waals surface area contributed by atoms with Crippen LogP contribution in [0.5, 0.6) is 5.75 Å². The Hall–Kier alpha value is -3.40. The molecular formula is C19H14N2O5. The van der Waals surface area contributed by atoms with E-state index in [1.165, 1.54) is 24.3 Å². The topological polar surface area (TPSA) is 117 Å². The van der Waals surface area contributed by atoms with Gasteiger partial charge in [-0.2, -0.15) is 5.26 Å². The summed E-state index contributed by atoms with van der Waals surface area (Å²) in [4.78, 5) is 22.3. The van der Waals surface area contributed by atoms with Crippen molar-refractivity contribution in [3.8, 4) is 11.8 Å². The maximum absolute atomic E-state index is 11.7. The molecule has 1 saturated carbocycles. The molecule has 0 radical (unpaired) electrons. The molecular weight excluding hydrogens is 336 g/mol. The third-order valence-corrected chi connectivity index (χ3v) is 5.18. The van der Waals surface area contributed by atoms with Gasteiger partial charge in [-0.05, 0) is 30.5 Å². The van der Waals surface area contributed by atoms with Gasteiger partial charge in [-0.1, -0.05) is 6.07 Å². The van der Waals surface area contributed by atoms with Crippen molar-refractivity contribution < 1.29 is 19.2 Å². The van der Waals surface area contributed by atoms with Gasteiger partial charge in [-0.15, -0.1) is 0 Å². The van der Waals surface area contributed by atoms with Crippen molar-refractivity contribution in [2.24, 2.45) is 0 Å². The maximum atomic E-state index is 11.7. The molecule has 1 N–H and O–H groups in total. The van der Waals surface area contributed by atoms with E-state index in [2.05, 4.69) is 6.07 Å². The van der Waals surface area contributed by atoms with Gasteiger partial charge in [0.25, 0.3) is 5.69 Å². The number of hydrogen-bond donors (Lipinski definition) is 1. The molecule has 7 heteroatoms. The predicted molar refractivity (Wildman–Crippen MR) is 92.8 cm³/mol. The molecule has 1 fully saturated rings. The molecule has 1 aromatic heterocycles. The number of carbonyl (C=O) groups is 1. The molecule has 0 amide bonds. The maximum Gasteiger partial charge on any atom is 0.270 e. The minimum Gasteiger partial charge on any atom is -0.504 e. The number of nitro groups is 1. The lowest BCUT2D eigenvalue weighted by Gasteiger charge is -2.31. The summed E-state index contributed by atoms with van der Waals surface area (Å²) in [6.07, 6.45) is 1.38. The summed E-state index contributed by atoms with van der Waals surface area (Å²) in [7, 11) is 0. The number of aromatic hydroxyl groups is 1. The van der Waals surface area contributed by atoms with Crippen LogP contribution in [0.25, 0.3) is 21.9 Å². The zero-order chi connectivity index (χ0) is 18.5. The van der Waals surface area contributed by atoms with E-state index in [9.17, 15) is 25.3 Å². The number of rotatable bonds is 2. The fourth-order valence-corrected chi connectivity index (χ4v) is 3.76. The van der Waals surface area contributed by atoms with Gasteiger partial charge in [-0.3, -0.25) is 14.9 Å². The molecule has 26 heavy (non-hydrogen) atoms. The van der Waals surface area contributed by atoms with Gasteiger partial charge in [0.1, 0.15) is 11.4 Å². The number of furan rings is 1. The first-order valence-electron chi connectivity index (χ1n) is 8.21. The summed E-state index contributed by atoms with van der Waals surface area (Å²) in [5.74, 6) is 0.0289. The van der Waals surface area contributed by atoms with Gasteiger partial charge >= 0.3 is 0 Å². The van der Waals surface area contributed by atoms with Crippen LogP contribution in [0.4, 0.5) is 5.69 Å². The van der Waals surface area contributed by atoms with Crippen molar-refractivity contribution in [2.75, 3.05) is 0 Å². The number of phenolic OH excluding ortho intramolecular Hbond substituents is 1. The minimum absolute atomic E-state index is 0.0948. The van der Waals surface area contributed by atoms with Gasteiger partial charge in [0.05, 0.1) is 16.4 Å². The largest absolute Gasteiger partial charge is 0.504 e. The normalized spacial score (nSPS) is 16.7.